The Morgan fingerprint density at radius 3 is 2.50 bits per heavy atom. The van der Waals surface area contributed by atoms with Crippen LogP contribution in [0.5, 0.6) is 0 Å². The number of fused-ring (bicyclic) bond motifs is 2. The van der Waals surface area contributed by atoms with Crippen LogP contribution in [0.15, 0.2) is 30.3 Å². The van der Waals surface area contributed by atoms with E-state index in [0.717, 1.165) is 19.4 Å². The molecule has 0 amide bonds. The summed E-state index contributed by atoms with van der Waals surface area (Å²) in [5, 5.41) is 8.67. The molecule has 2 unspecified atom stereocenters. The Morgan fingerprint density at radius 1 is 1.18 bits per heavy atom. The Balaban J connectivity index is 1.66. The molecular weight excluding hydrogens is 272 g/mol. The largest absolute Gasteiger partial charge is 0.299 e. The summed E-state index contributed by atoms with van der Waals surface area (Å²) >= 11 is 0. The molecule has 0 aromatic heterocycles. The lowest BCUT2D eigenvalue weighted by atomic mass is 9.76. The van der Waals surface area contributed by atoms with E-state index in [2.05, 4.69) is 41.3 Å². The molecule has 0 radical (unpaired) electrons. The van der Waals surface area contributed by atoms with E-state index < -0.39 is 0 Å². The molecule has 2 saturated heterocycles. The number of hydrogen-bond donors (Lipinski definition) is 0. The summed E-state index contributed by atoms with van der Waals surface area (Å²) in [5.41, 5.74) is 1.37. The second kappa shape index (κ2) is 7.07. The van der Waals surface area contributed by atoms with Crippen molar-refractivity contribution in [3.63, 3.8) is 0 Å². The minimum atomic E-state index is 0.190. The Hall–Kier alpha value is -1.66. The smallest absolute Gasteiger partial charge is 0.137 e. The molecule has 0 spiro atoms. The van der Waals surface area contributed by atoms with E-state index in [1.165, 1.54) is 24.8 Å². The van der Waals surface area contributed by atoms with Crippen LogP contribution < -0.4 is 0 Å². The van der Waals surface area contributed by atoms with Gasteiger partial charge in [0.05, 0.1) is 6.07 Å². The van der Waals surface area contributed by atoms with E-state index >= 15 is 0 Å². The van der Waals surface area contributed by atoms with Crippen molar-refractivity contribution in [2.24, 2.45) is 5.92 Å². The highest BCUT2D eigenvalue weighted by molar-refractivity contribution is 5.81. The maximum atomic E-state index is 12.3. The first-order chi connectivity index (χ1) is 10.8. The Bertz CT molecular complexity index is 534. The predicted molar refractivity (Wildman–Crippen MR) is 86.0 cm³/mol. The first-order valence-corrected chi connectivity index (χ1v) is 8.47. The molecule has 0 saturated carbocycles. The summed E-state index contributed by atoms with van der Waals surface area (Å²) in [7, 11) is 0. The number of carbonyl (C=O) groups excluding carboxylic acids is 1. The molecular formula is C19H24N2O. The highest BCUT2D eigenvalue weighted by Gasteiger charge is 2.40. The third-order valence-electron chi connectivity index (χ3n) is 5.27. The highest BCUT2D eigenvalue weighted by Crippen LogP contribution is 2.38. The second-order valence-electron chi connectivity index (χ2n) is 6.69. The minimum absolute atomic E-state index is 0.190. The molecule has 3 heteroatoms. The van der Waals surface area contributed by atoms with Gasteiger partial charge in [0.25, 0.3) is 0 Å². The number of Topliss-reactive ketones (excluding diaryl/α,β-unsaturated/α-hetero) is 1. The zero-order valence-electron chi connectivity index (χ0n) is 13.1. The lowest BCUT2D eigenvalue weighted by molar-refractivity contribution is -0.127. The van der Waals surface area contributed by atoms with Gasteiger partial charge in [-0.25, -0.2) is 0 Å². The second-order valence-corrected chi connectivity index (χ2v) is 6.69. The van der Waals surface area contributed by atoms with Crippen molar-refractivity contribution < 1.29 is 4.79 Å². The van der Waals surface area contributed by atoms with Gasteiger partial charge in [-0.2, -0.15) is 5.26 Å². The van der Waals surface area contributed by atoms with Crippen LogP contribution in [0.4, 0.5) is 0 Å². The van der Waals surface area contributed by atoms with Crippen LogP contribution in [0, 0.1) is 17.2 Å². The average molecular weight is 296 g/mol. The van der Waals surface area contributed by atoms with Gasteiger partial charge in [0, 0.05) is 37.4 Å². The molecule has 2 heterocycles. The van der Waals surface area contributed by atoms with Crippen LogP contribution in [-0.2, 0) is 11.3 Å². The van der Waals surface area contributed by atoms with Crippen molar-refractivity contribution in [2.75, 3.05) is 0 Å². The van der Waals surface area contributed by atoms with Crippen LogP contribution in [0.25, 0.3) is 0 Å². The van der Waals surface area contributed by atoms with Crippen LogP contribution in [0.3, 0.4) is 0 Å². The molecule has 3 nitrogen and oxygen atoms in total. The van der Waals surface area contributed by atoms with Crippen molar-refractivity contribution in [1.82, 2.24) is 4.90 Å². The van der Waals surface area contributed by atoms with Gasteiger partial charge in [-0.3, -0.25) is 9.69 Å². The molecule has 1 aromatic carbocycles. The quantitative estimate of drug-likeness (QED) is 0.832. The Morgan fingerprint density at radius 2 is 1.86 bits per heavy atom. The fraction of sp³-hybridized carbons (Fsp3) is 0.579. The van der Waals surface area contributed by atoms with Gasteiger partial charge in [0.2, 0.25) is 0 Å². The Kier molecular flexibility index (Phi) is 4.90. The maximum Gasteiger partial charge on any atom is 0.137 e. The summed E-state index contributed by atoms with van der Waals surface area (Å²) in [5.74, 6) is 0.508. The zero-order valence-corrected chi connectivity index (χ0v) is 13.1. The summed E-state index contributed by atoms with van der Waals surface area (Å²) < 4.78 is 0. The third-order valence-corrected chi connectivity index (χ3v) is 5.27. The van der Waals surface area contributed by atoms with Gasteiger partial charge in [0.1, 0.15) is 5.78 Å². The SMILES string of the molecule is N#CCCC(=O)C1CC2CCCC(C1)N2Cc1ccccc1. The maximum absolute atomic E-state index is 12.3. The number of nitrogens with zero attached hydrogens (tertiary/aromatic N) is 2. The van der Waals surface area contributed by atoms with Gasteiger partial charge < -0.3 is 0 Å². The van der Waals surface area contributed by atoms with Gasteiger partial charge in [-0.15, -0.1) is 0 Å². The van der Waals surface area contributed by atoms with Gasteiger partial charge in [-0.1, -0.05) is 36.8 Å². The van der Waals surface area contributed by atoms with Crippen molar-refractivity contribution in [3.05, 3.63) is 35.9 Å². The molecule has 0 N–H and O–H groups in total. The molecule has 2 aliphatic heterocycles. The van der Waals surface area contributed by atoms with E-state index in [-0.39, 0.29) is 5.92 Å². The fourth-order valence-corrected chi connectivity index (χ4v) is 4.18. The van der Waals surface area contributed by atoms with E-state index in [9.17, 15) is 4.79 Å². The molecule has 3 rings (SSSR count). The van der Waals surface area contributed by atoms with Gasteiger partial charge >= 0.3 is 0 Å². The summed E-state index contributed by atoms with van der Waals surface area (Å²) in [4.78, 5) is 14.9. The Labute approximate surface area is 132 Å². The van der Waals surface area contributed by atoms with E-state index in [4.69, 9.17) is 5.26 Å². The van der Waals surface area contributed by atoms with E-state index in [0.29, 0.717) is 30.7 Å². The summed E-state index contributed by atoms with van der Waals surface area (Å²) in [6.45, 7) is 1.01. The number of nitriles is 1. The van der Waals surface area contributed by atoms with E-state index in [1.807, 2.05) is 0 Å². The lowest BCUT2D eigenvalue weighted by Gasteiger charge is -2.48. The molecule has 2 fully saturated rings. The van der Waals surface area contributed by atoms with Gasteiger partial charge in [0.15, 0.2) is 0 Å². The number of ketones is 1. The molecule has 2 bridgehead atoms. The van der Waals surface area contributed by atoms with Crippen molar-refractivity contribution in [1.29, 1.82) is 5.26 Å². The van der Waals surface area contributed by atoms with Crippen molar-refractivity contribution in [2.45, 2.75) is 63.6 Å². The molecule has 2 atom stereocenters. The molecule has 22 heavy (non-hydrogen) atoms. The number of rotatable bonds is 5. The number of carbonyl (C=O) groups is 1. The number of hydrogen-bond acceptors (Lipinski definition) is 3. The first kappa shape index (κ1) is 15.2. The van der Waals surface area contributed by atoms with Crippen LogP contribution >= 0.6 is 0 Å². The van der Waals surface area contributed by atoms with E-state index in [1.54, 1.807) is 0 Å². The van der Waals surface area contributed by atoms with Crippen LogP contribution in [0.2, 0.25) is 0 Å². The standard InChI is InChI=1S/C19H24N2O/c20-11-5-10-19(22)16-12-17-8-4-9-18(13-16)21(17)14-15-6-2-1-3-7-15/h1-3,6-7,16-18H,4-5,8-10,12-14H2. The van der Waals surface area contributed by atoms with Gasteiger partial charge in [-0.05, 0) is 31.2 Å². The molecule has 2 aliphatic rings. The van der Waals surface area contributed by atoms with Crippen molar-refractivity contribution in [3.8, 4) is 6.07 Å². The zero-order chi connectivity index (χ0) is 15.4. The molecule has 116 valence electrons. The first-order valence-electron chi connectivity index (χ1n) is 8.47. The number of piperidine rings is 2. The summed E-state index contributed by atoms with van der Waals surface area (Å²) in [6, 6.07) is 13.8. The fourth-order valence-electron chi connectivity index (χ4n) is 4.18. The lowest BCUT2D eigenvalue weighted by Crippen LogP contribution is -2.52. The average Bonchev–Trinajstić information content (AvgIpc) is 2.53. The predicted octanol–water partition coefficient (Wildman–Crippen LogP) is 3.69. The summed E-state index contributed by atoms with van der Waals surface area (Å²) in [6.07, 6.45) is 6.52. The molecule has 1 aromatic rings. The van der Waals surface area contributed by atoms with Crippen molar-refractivity contribution >= 4 is 5.78 Å². The monoisotopic (exact) mass is 296 g/mol. The number of benzene rings is 1. The molecule has 0 aliphatic carbocycles. The topological polar surface area (TPSA) is 44.1 Å². The highest BCUT2D eigenvalue weighted by atomic mass is 16.1. The normalized spacial score (nSPS) is 28.0. The minimum Gasteiger partial charge on any atom is -0.299 e. The van der Waals surface area contributed by atoms with Crippen LogP contribution in [0.1, 0.15) is 50.5 Å². The third kappa shape index (κ3) is 3.39. The van der Waals surface area contributed by atoms with Crippen LogP contribution in [-0.4, -0.2) is 22.8 Å².